The Hall–Kier alpha value is -2.96. The Morgan fingerprint density at radius 3 is 2.70 bits per heavy atom. The topological polar surface area (TPSA) is 78.4 Å². The first-order valence-electron chi connectivity index (χ1n) is 9.43. The molecule has 2 aliphatic heterocycles. The zero-order chi connectivity index (χ0) is 18.6. The van der Waals surface area contributed by atoms with Crippen molar-refractivity contribution in [2.75, 3.05) is 34.8 Å². The second-order valence-electron chi connectivity index (χ2n) is 7.01. The Kier molecular flexibility index (Phi) is 5.00. The minimum Gasteiger partial charge on any atom is -0.355 e. The maximum absolute atomic E-state index is 12.7. The molecule has 2 fully saturated rings. The highest BCUT2D eigenvalue weighted by Gasteiger charge is 2.26. The molecule has 2 amide bonds. The summed E-state index contributed by atoms with van der Waals surface area (Å²) >= 11 is 0. The van der Waals surface area contributed by atoms with E-state index in [0.717, 1.165) is 56.1 Å². The molecule has 0 aliphatic carbocycles. The molecule has 1 aromatic carbocycles. The lowest BCUT2D eigenvalue weighted by Crippen LogP contribution is -2.38. The fourth-order valence-corrected chi connectivity index (χ4v) is 3.74. The summed E-state index contributed by atoms with van der Waals surface area (Å²) in [5.41, 5.74) is 1.60. The van der Waals surface area contributed by atoms with E-state index < -0.39 is 0 Å². The summed E-state index contributed by atoms with van der Waals surface area (Å²) in [4.78, 5) is 37.0. The van der Waals surface area contributed by atoms with Crippen LogP contribution in [0, 0.1) is 5.92 Å². The lowest BCUT2D eigenvalue weighted by Gasteiger charge is -2.31. The van der Waals surface area contributed by atoms with E-state index >= 15 is 0 Å². The second kappa shape index (κ2) is 7.73. The van der Waals surface area contributed by atoms with Gasteiger partial charge < -0.3 is 15.1 Å². The van der Waals surface area contributed by atoms with Gasteiger partial charge in [-0.3, -0.25) is 14.6 Å². The van der Waals surface area contributed by atoms with Crippen LogP contribution in [0.3, 0.4) is 0 Å². The molecule has 7 nitrogen and oxygen atoms in total. The number of piperidine rings is 1. The fraction of sp³-hybridized carbons (Fsp3) is 0.400. The molecule has 2 saturated heterocycles. The molecule has 140 valence electrons. The number of nitrogens with one attached hydrogen (secondary N) is 1. The summed E-state index contributed by atoms with van der Waals surface area (Å²) in [6.45, 7) is 2.33. The zero-order valence-corrected chi connectivity index (χ0v) is 15.2. The Morgan fingerprint density at radius 2 is 2.00 bits per heavy atom. The molecule has 3 heterocycles. The van der Waals surface area contributed by atoms with Crippen LogP contribution in [0.1, 0.15) is 25.7 Å². The van der Waals surface area contributed by atoms with Crippen LogP contribution in [0.15, 0.2) is 42.9 Å². The van der Waals surface area contributed by atoms with Crippen molar-refractivity contribution < 1.29 is 9.59 Å². The van der Waals surface area contributed by atoms with Gasteiger partial charge in [0.25, 0.3) is 0 Å². The van der Waals surface area contributed by atoms with Crippen molar-refractivity contribution in [3.8, 4) is 0 Å². The lowest BCUT2D eigenvalue weighted by molar-refractivity contribution is -0.120. The van der Waals surface area contributed by atoms with Gasteiger partial charge in [0.15, 0.2) is 0 Å². The molecule has 1 N–H and O–H groups in total. The van der Waals surface area contributed by atoms with Gasteiger partial charge in [0.2, 0.25) is 11.8 Å². The van der Waals surface area contributed by atoms with Gasteiger partial charge in [0.05, 0.1) is 6.20 Å². The van der Waals surface area contributed by atoms with Gasteiger partial charge in [-0.2, -0.15) is 0 Å². The number of hydrogen-bond acceptors (Lipinski definition) is 5. The van der Waals surface area contributed by atoms with Gasteiger partial charge >= 0.3 is 0 Å². The van der Waals surface area contributed by atoms with Crippen molar-refractivity contribution in [2.24, 2.45) is 5.92 Å². The van der Waals surface area contributed by atoms with E-state index in [1.807, 2.05) is 24.3 Å². The van der Waals surface area contributed by atoms with E-state index in [9.17, 15) is 9.59 Å². The SMILES string of the molecule is O=C(Nc1cccc(N2CCCC2=O)c1)C1CCN(c2cnccn2)CC1. The monoisotopic (exact) mass is 365 g/mol. The van der Waals surface area contributed by atoms with Crippen LogP contribution in [0.25, 0.3) is 0 Å². The van der Waals surface area contributed by atoms with Gasteiger partial charge in [-0.25, -0.2) is 4.98 Å². The summed E-state index contributed by atoms with van der Waals surface area (Å²) in [7, 11) is 0. The van der Waals surface area contributed by atoms with E-state index in [4.69, 9.17) is 0 Å². The Labute approximate surface area is 158 Å². The van der Waals surface area contributed by atoms with Crippen LogP contribution in [0.5, 0.6) is 0 Å². The Bertz CT molecular complexity index is 818. The molecule has 2 aromatic rings. The summed E-state index contributed by atoms with van der Waals surface area (Å²) in [5.74, 6) is 1.03. The third kappa shape index (κ3) is 3.92. The smallest absolute Gasteiger partial charge is 0.227 e. The molecule has 4 rings (SSSR count). The van der Waals surface area contributed by atoms with Gasteiger partial charge in [0, 0.05) is 55.7 Å². The number of anilines is 3. The number of nitrogens with zero attached hydrogens (tertiary/aromatic N) is 4. The normalized spacial score (nSPS) is 18.0. The minimum atomic E-state index is -0.0185. The number of carbonyl (C=O) groups is 2. The van der Waals surface area contributed by atoms with Gasteiger partial charge in [-0.1, -0.05) is 6.07 Å². The summed E-state index contributed by atoms with van der Waals surface area (Å²) in [6.07, 6.45) is 8.16. The average Bonchev–Trinajstić information content (AvgIpc) is 3.15. The lowest BCUT2D eigenvalue weighted by atomic mass is 9.96. The fourth-order valence-electron chi connectivity index (χ4n) is 3.74. The Morgan fingerprint density at radius 1 is 1.15 bits per heavy atom. The molecular formula is C20H23N5O2. The molecule has 0 radical (unpaired) electrons. The van der Waals surface area contributed by atoms with E-state index in [1.165, 1.54) is 0 Å². The predicted molar refractivity (Wildman–Crippen MR) is 104 cm³/mol. The van der Waals surface area contributed by atoms with Crippen molar-refractivity contribution in [2.45, 2.75) is 25.7 Å². The summed E-state index contributed by atoms with van der Waals surface area (Å²) in [5, 5.41) is 3.02. The predicted octanol–water partition coefficient (Wildman–Crippen LogP) is 2.46. The molecule has 0 spiro atoms. The highest BCUT2D eigenvalue weighted by atomic mass is 16.2. The largest absolute Gasteiger partial charge is 0.355 e. The van der Waals surface area contributed by atoms with Crippen LogP contribution in [-0.4, -0.2) is 41.4 Å². The number of carbonyl (C=O) groups excluding carboxylic acids is 2. The maximum Gasteiger partial charge on any atom is 0.227 e. The molecule has 0 saturated carbocycles. The average molecular weight is 365 g/mol. The third-order valence-electron chi connectivity index (χ3n) is 5.24. The first-order valence-corrected chi connectivity index (χ1v) is 9.43. The van der Waals surface area contributed by atoms with Crippen molar-refractivity contribution in [1.29, 1.82) is 0 Å². The quantitative estimate of drug-likeness (QED) is 0.900. The second-order valence-corrected chi connectivity index (χ2v) is 7.01. The van der Waals surface area contributed by atoms with Crippen molar-refractivity contribution in [3.63, 3.8) is 0 Å². The first-order chi connectivity index (χ1) is 13.2. The van der Waals surface area contributed by atoms with Crippen molar-refractivity contribution >= 4 is 29.0 Å². The molecule has 0 atom stereocenters. The third-order valence-corrected chi connectivity index (χ3v) is 5.24. The van der Waals surface area contributed by atoms with Crippen LogP contribution >= 0.6 is 0 Å². The maximum atomic E-state index is 12.7. The molecule has 0 unspecified atom stereocenters. The molecule has 27 heavy (non-hydrogen) atoms. The molecule has 2 aliphatic rings. The number of benzene rings is 1. The molecule has 0 bridgehead atoms. The van der Waals surface area contributed by atoms with Crippen molar-refractivity contribution in [3.05, 3.63) is 42.9 Å². The van der Waals surface area contributed by atoms with Gasteiger partial charge in [0.1, 0.15) is 5.82 Å². The Balaban J connectivity index is 1.35. The summed E-state index contributed by atoms with van der Waals surface area (Å²) in [6, 6.07) is 7.55. The number of rotatable bonds is 4. The zero-order valence-electron chi connectivity index (χ0n) is 15.2. The van der Waals surface area contributed by atoms with Gasteiger partial charge in [-0.15, -0.1) is 0 Å². The molecular weight excluding hydrogens is 342 g/mol. The van der Waals surface area contributed by atoms with E-state index in [1.54, 1.807) is 23.5 Å². The van der Waals surface area contributed by atoms with Gasteiger partial charge in [-0.05, 0) is 37.5 Å². The minimum absolute atomic E-state index is 0.0185. The molecule has 1 aromatic heterocycles. The number of aromatic nitrogens is 2. The first kappa shape index (κ1) is 17.5. The number of amides is 2. The van der Waals surface area contributed by atoms with Crippen LogP contribution in [0.4, 0.5) is 17.2 Å². The van der Waals surface area contributed by atoms with E-state index in [-0.39, 0.29) is 17.7 Å². The number of hydrogen-bond donors (Lipinski definition) is 1. The van der Waals surface area contributed by atoms with E-state index in [2.05, 4.69) is 20.2 Å². The van der Waals surface area contributed by atoms with Crippen LogP contribution in [-0.2, 0) is 9.59 Å². The van der Waals surface area contributed by atoms with Crippen molar-refractivity contribution in [1.82, 2.24) is 9.97 Å². The molecule has 7 heteroatoms. The van der Waals surface area contributed by atoms with Crippen LogP contribution < -0.4 is 15.1 Å². The summed E-state index contributed by atoms with van der Waals surface area (Å²) < 4.78 is 0. The highest BCUT2D eigenvalue weighted by Crippen LogP contribution is 2.26. The standard InChI is InChI=1S/C20H23N5O2/c26-19-5-2-10-25(19)17-4-1-3-16(13-17)23-20(27)15-6-11-24(12-7-15)18-14-21-8-9-22-18/h1,3-4,8-9,13-15H,2,5-7,10-12H2,(H,23,27). The van der Waals surface area contributed by atoms with E-state index in [0.29, 0.717) is 6.42 Å². The highest BCUT2D eigenvalue weighted by molar-refractivity contribution is 5.97. The van der Waals surface area contributed by atoms with Crippen LogP contribution in [0.2, 0.25) is 0 Å².